The van der Waals surface area contributed by atoms with Crippen molar-refractivity contribution in [1.82, 2.24) is 4.98 Å². The van der Waals surface area contributed by atoms with Gasteiger partial charge in [0.05, 0.1) is 5.69 Å². The summed E-state index contributed by atoms with van der Waals surface area (Å²) in [7, 11) is -4.55. The van der Waals surface area contributed by atoms with Crippen LogP contribution in [0.3, 0.4) is 0 Å². The highest BCUT2D eigenvalue weighted by Crippen LogP contribution is 2.40. The first-order valence-electron chi connectivity index (χ1n) is 11.8. The highest BCUT2D eigenvalue weighted by Gasteiger charge is 2.40. The van der Waals surface area contributed by atoms with Gasteiger partial charge in [0.2, 0.25) is 0 Å². The molecular formula is C27H28BF2N2O2-. The molecule has 0 atom stereocenters. The van der Waals surface area contributed by atoms with Gasteiger partial charge in [-0.1, -0.05) is 45.7 Å². The molecule has 0 bridgehead atoms. The molecule has 0 saturated carbocycles. The summed E-state index contributed by atoms with van der Waals surface area (Å²) >= 11 is 0. The molecule has 0 spiro atoms. The summed E-state index contributed by atoms with van der Waals surface area (Å²) in [6, 6.07) is 7.61. The predicted molar refractivity (Wildman–Crippen MR) is 134 cm³/mol. The Morgan fingerprint density at radius 1 is 0.941 bits per heavy atom. The van der Waals surface area contributed by atoms with Gasteiger partial charge in [-0.15, -0.1) is 6.42 Å². The topological polar surface area (TPSA) is 46.6 Å². The minimum Gasteiger partial charge on any atom is -0.626 e. The minimum atomic E-state index is -4.55. The van der Waals surface area contributed by atoms with Gasteiger partial charge in [0.15, 0.2) is 0 Å². The molecule has 0 unspecified atom stereocenters. The van der Waals surface area contributed by atoms with Crippen LogP contribution in [0.15, 0.2) is 57.9 Å². The monoisotopic (exact) mass is 461 g/mol. The Kier molecular flexibility index (Phi) is 6.52. The van der Waals surface area contributed by atoms with E-state index < -0.39 is 7.11 Å². The van der Waals surface area contributed by atoms with Crippen LogP contribution >= 0.6 is 0 Å². The molecule has 0 radical (unpaired) electrons. The lowest BCUT2D eigenvalue weighted by molar-refractivity contribution is 0.171. The van der Waals surface area contributed by atoms with Crippen molar-refractivity contribution in [1.29, 1.82) is 0 Å². The number of H-pyrrole nitrogens is 1. The number of rotatable bonds is 6. The van der Waals surface area contributed by atoms with E-state index in [0.717, 1.165) is 51.9 Å². The zero-order valence-corrected chi connectivity index (χ0v) is 20.0. The lowest BCUT2D eigenvalue weighted by atomic mass is 9.98. The number of aliphatic imine (C=N–C) groups is 1. The zero-order valence-electron chi connectivity index (χ0n) is 20.0. The van der Waals surface area contributed by atoms with Crippen LogP contribution in [0.25, 0.3) is 17.0 Å². The van der Waals surface area contributed by atoms with Gasteiger partial charge in [-0.05, 0) is 65.7 Å². The van der Waals surface area contributed by atoms with Crippen molar-refractivity contribution >= 4 is 19.1 Å². The van der Waals surface area contributed by atoms with E-state index in [4.69, 9.17) is 15.7 Å². The number of aromatic nitrogens is 1. The summed E-state index contributed by atoms with van der Waals surface area (Å²) in [6.45, 7) is 8.06. The summed E-state index contributed by atoms with van der Waals surface area (Å²) < 4.78 is 39.6. The largest absolute Gasteiger partial charge is 0.726 e. The summed E-state index contributed by atoms with van der Waals surface area (Å²) in [5.41, 5.74) is 7.54. The van der Waals surface area contributed by atoms with Gasteiger partial charge in [0, 0.05) is 23.5 Å². The van der Waals surface area contributed by atoms with Gasteiger partial charge in [0.25, 0.3) is 0 Å². The molecule has 1 N–H and O–H groups in total. The smallest absolute Gasteiger partial charge is 0.626 e. The number of hydrogen-bond donors (Lipinski definition) is 1. The van der Waals surface area contributed by atoms with Crippen LogP contribution in [0.4, 0.5) is 8.63 Å². The van der Waals surface area contributed by atoms with Crippen LogP contribution in [-0.2, 0) is 22.2 Å². The van der Waals surface area contributed by atoms with Crippen molar-refractivity contribution in [3.05, 3.63) is 75.3 Å². The van der Waals surface area contributed by atoms with Crippen LogP contribution in [-0.4, -0.2) is 18.3 Å². The molecule has 7 heteroatoms. The molecule has 4 rings (SSSR count). The first kappa shape index (κ1) is 23.6. The third-order valence-corrected chi connectivity index (χ3v) is 6.29. The first-order chi connectivity index (χ1) is 16.3. The summed E-state index contributed by atoms with van der Waals surface area (Å²) in [5, 5.41) is 0. The first-order valence-corrected chi connectivity index (χ1v) is 11.8. The average Bonchev–Trinajstić information content (AvgIpc) is 3.43. The van der Waals surface area contributed by atoms with Crippen LogP contribution in [0, 0.1) is 12.3 Å². The molecule has 2 aliphatic rings. The molecule has 0 amide bonds. The van der Waals surface area contributed by atoms with Crippen molar-refractivity contribution in [2.75, 3.05) is 0 Å². The maximum absolute atomic E-state index is 14.7. The van der Waals surface area contributed by atoms with Gasteiger partial charge >= 0.3 is 7.11 Å². The quantitative estimate of drug-likeness (QED) is 0.373. The molecule has 2 aromatic rings. The zero-order chi connectivity index (χ0) is 24.5. The number of allylic oxidation sites excluding steroid dienone is 3. The Hall–Kier alpha value is -3.53. The Morgan fingerprint density at radius 3 is 2.21 bits per heavy atom. The number of terminal acetylenes is 1. The van der Waals surface area contributed by atoms with Crippen molar-refractivity contribution in [3.8, 4) is 23.6 Å². The summed E-state index contributed by atoms with van der Waals surface area (Å²) in [6.07, 6.45) is 11.6. The van der Waals surface area contributed by atoms with Gasteiger partial charge < -0.3 is 22.9 Å². The fraction of sp³-hybridized carbons (Fsp3) is 0.296. The maximum Gasteiger partial charge on any atom is 0.726 e. The lowest BCUT2D eigenvalue weighted by Gasteiger charge is -2.35. The van der Waals surface area contributed by atoms with Crippen molar-refractivity contribution in [2.45, 2.75) is 53.4 Å². The molecule has 3 heterocycles. The normalized spacial score (nSPS) is 19.0. The third-order valence-electron chi connectivity index (χ3n) is 6.29. The van der Waals surface area contributed by atoms with Gasteiger partial charge in [0.1, 0.15) is 17.2 Å². The van der Waals surface area contributed by atoms with Gasteiger partial charge in [-0.2, -0.15) is 0 Å². The number of aromatic amines is 1. The Balaban J connectivity index is 1.88. The van der Waals surface area contributed by atoms with Crippen LogP contribution in [0.1, 0.15) is 62.9 Å². The fourth-order valence-electron chi connectivity index (χ4n) is 4.67. The molecule has 4 nitrogen and oxygen atoms in total. The number of halogens is 2. The molecule has 0 fully saturated rings. The second-order valence-corrected chi connectivity index (χ2v) is 8.22. The highest BCUT2D eigenvalue weighted by molar-refractivity contribution is 6.53. The predicted octanol–water partition coefficient (Wildman–Crippen LogP) is 6.96. The standard InChI is InChI=1S/C27H28BF2N2O2/c1-6-17-11-13-19(14-12-17)25-21(9-4)22(10-5)27(32-25)24-15-23(33-28(29,30)34-24)26-20(8-3)18(7-2)16-31-26/h1,11-16,32H,7-10H2,2-5H3/q-1/b26-23-. The maximum atomic E-state index is 14.7. The van der Waals surface area contributed by atoms with Crippen LogP contribution < -0.4 is 0 Å². The molecular weight excluding hydrogens is 433 g/mol. The summed E-state index contributed by atoms with van der Waals surface area (Å²) in [5.74, 6) is 2.72. The Bertz CT molecular complexity index is 1270. The number of nitrogens with zero attached hydrogens (tertiary/aromatic N) is 1. The SMILES string of the molecule is C#Cc1ccc(-c2[nH]c(C3=C/C(=C4/N=CC(CC)=C4CC)O[B-](F)(F)O3)c(CC)c2CC)cc1. The number of hydrogen-bond acceptors (Lipinski definition) is 3. The number of nitrogens with one attached hydrogen (secondary N) is 1. The van der Waals surface area contributed by atoms with Crippen LogP contribution in [0.5, 0.6) is 0 Å². The molecule has 1 aromatic heterocycles. The van der Waals surface area contributed by atoms with Gasteiger partial charge in [-0.25, -0.2) is 0 Å². The number of benzene rings is 1. The Morgan fingerprint density at radius 2 is 1.62 bits per heavy atom. The van der Waals surface area contributed by atoms with E-state index >= 15 is 0 Å². The van der Waals surface area contributed by atoms with Crippen LogP contribution in [0.2, 0.25) is 0 Å². The van der Waals surface area contributed by atoms with Crippen molar-refractivity contribution < 1.29 is 17.9 Å². The van der Waals surface area contributed by atoms with E-state index in [9.17, 15) is 8.63 Å². The third kappa shape index (κ3) is 4.21. The van der Waals surface area contributed by atoms with E-state index in [-0.39, 0.29) is 11.5 Å². The molecule has 1 aromatic carbocycles. The van der Waals surface area contributed by atoms with E-state index in [1.54, 1.807) is 6.21 Å². The van der Waals surface area contributed by atoms with E-state index in [1.807, 2.05) is 45.0 Å². The average molecular weight is 461 g/mol. The second-order valence-electron chi connectivity index (χ2n) is 8.22. The van der Waals surface area contributed by atoms with Crippen molar-refractivity contribution in [2.24, 2.45) is 4.99 Å². The van der Waals surface area contributed by atoms with Gasteiger partial charge in [-0.3, -0.25) is 4.99 Å². The highest BCUT2D eigenvalue weighted by atomic mass is 19.3. The molecule has 0 aliphatic carbocycles. The summed E-state index contributed by atoms with van der Waals surface area (Å²) in [4.78, 5) is 7.78. The van der Waals surface area contributed by atoms with E-state index in [2.05, 4.69) is 22.8 Å². The van der Waals surface area contributed by atoms with E-state index in [0.29, 0.717) is 24.2 Å². The molecule has 176 valence electrons. The van der Waals surface area contributed by atoms with Crippen molar-refractivity contribution in [3.63, 3.8) is 0 Å². The fourth-order valence-corrected chi connectivity index (χ4v) is 4.67. The molecule has 34 heavy (non-hydrogen) atoms. The second kappa shape index (κ2) is 9.38. The minimum absolute atomic E-state index is 0.0393. The lowest BCUT2D eigenvalue weighted by Crippen LogP contribution is -2.34. The van der Waals surface area contributed by atoms with E-state index in [1.165, 1.54) is 6.08 Å². The molecule has 0 saturated heterocycles. The Labute approximate surface area is 199 Å². The molecule has 2 aliphatic heterocycles.